The van der Waals surface area contributed by atoms with Crippen molar-refractivity contribution < 1.29 is 0 Å². The third-order valence-electron chi connectivity index (χ3n) is 4.08. The van der Waals surface area contributed by atoms with Crippen LogP contribution in [0.4, 0.5) is 5.69 Å². The fourth-order valence-corrected chi connectivity index (χ4v) is 2.94. The third kappa shape index (κ3) is 2.51. The molecule has 0 aliphatic rings. The molecule has 120 valence electrons. The predicted molar refractivity (Wildman–Crippen MR) is 94.6 cm³/mol. The number of rotatable bonds is 3. The van der Waals surface area contributed by atoms with Crippen LogP contribution in [0.3, 0.4) is 0 Å². The Morgan fingerprint density at radius 1 is 1.25 bits per heavy atom. The van der Waals surface area contributed by atoms with Crippen LogP contribution in [0.5, 0.6) is 0 Å². The number of nitrogens with one attached hydrogen (secondary N) is 2. The van der Waals surface area contributed by atoms with Gasteiger partial charge in [-0.3, -0.25) is 9.20 Å². The second kappa shape index (κ2) is 5.65. The van der Waals surface area contributed by atoms with E-state index in [4.69, 9.17) is 11.6 Å². The minimum atomic E-state index is -0.111. The second-order valence-electron chi connectivity index (χ2n) is 5.60. The molecule has 0 fully saturated rings. The maximum Gasteiger partial charge on any atom is 0.253 e. The molecule has 3 aromatic heterocycles. The molecule has 0 saturated heterocycles. The summed E-state index contributed by atoms with van der Waals surface area (Å²) in [5.74, 6) is 0. The van der Waals surface area contributed by atoms with Gasteiger partial charge in [-0.25, -0.2) is 0 Å². The van der Waals surface area contributed by atoms with Crippen molar-refractivity contribution in [3.05, 3.63) is 69.4 Å². The molecule has 4 rings (SSSR count). The molecule has 0 unspecified atom stereocenters. The van der Waals surface area contributed by atoms with Crippen LogP contribution in [-0.4, -0.2) is 19.6 Å². The molecule has 0 radical (unpaired) electrons. The Bertz CT molecular complexity index is 1120. The summed E-state index contributed by atoms with van der Waals surface area (Å²) in [5, 5.41) is 12.8. The largest absolute Gasteiger partial charge is 0.379 e. The smallest absolute Gasteiger partial charge is 0.253 e. The molecule has 4 aromatic rings. The zero-order chi connectivity index (χ0) is 16.7. The zero-order valence-corrected chi connectivity index (χ0v) is 13.6. The Balaban J connectivity index is 1.67. The molecule has 7 heteroatoms. The molecule has 6 nitrogen and oxygen atoms in total. The minimum Gasteiger partial charge on any atom is -0.379 e. The Morgan fingerprint density at radius 3 is 3.00 bits per heavy atom. The number of fused-ring (bicyclic) bond motifs is 2. The van der Waals surface area contributed by atoms with Gasteiger partial charge in [-0.15, -0.1) is 10.2 Å². The first-order chi connectivity index (χ1) is 11.6. The van der Waals surface area contributed by atoms with Crippen LogP contribution in [-0.2, 0) is 6.54 Å². The number of aromatic nitrogens is 4. The molecule has 1 aromatic carbocycles. The van der Waals surface area contributed by atoms with E-state index in [1.807, 2.05) is 35.6 Å². The topological polar surface area (TPSA) is 75.1 Å². The molecule has 0 amide bonds. The third-order valence-corrected chi connectivity index (χ3v) is 4.31. The Kier molecular flexibility index (Phi) is 3.46. The first kappa shape index (κ1) is 14.7. The summed E-state index contributed by atoms with van der Waals surface area (Å²) in [7, 11) is 0. The van der Waals surface area contributed by atoms with Gasteiger partial charge in [0, 0.05) is 33.7 Å². The van der Waals surface area contributed by atoms with E-state index in [0.29, 0.717) is 17.1 Å². The minimum absolute atomic E-state index is 0.111. The number of aryl methyl sites for hydroxylation is 1. The van der Waals surface area contributed by atoms with Gasteiger partial charge in [-0.1, -0.05) is 11.6 Å². The lowest BCUT2D eigenvalue weighted by Crippen LogP contribution is -2.16. The van der Waals surface area contributed by atoms with E-state index in [2.05, 4.69) is 20.5 Å². The lowest BCUT2D eigenvalue weighted by atomic mass is 10.1. The summed E-state index contributed by atoms with van der Waals surface area (Å²) in [6, 6.07) is 11.1. The molecule has 0 aliphatic carbocycles. The first-order valence-corrected chi connectivity index (χ1v) is 7.84. The van der Waals surface area contributed by atoms with Gasteiger partial charge in [0.05, 0.1) is 5.69 Å². The van der Waals surface area contributed by atoms with Gasteiger partial charge in [0.15, 0.2) is 5.65 Å². The molecule has 24 heavy (non-hydrogen) atoms. The quantitative estimate of drug-likeness (QED) is 0.601. The highest BCUT2D eigenvalue weighted by molar-refractivity contribution is 6.31. The van der Waals surface area contributed by atoms with Gasteiger partial charge in [0.2, 0.25) is 0 Å². The molecule has 0 spiro atoms. The van der Waals surface area contributed by atoms with Crippen molar-refractivity contribution in [2.24, 2.45) is 0 Å². The summed E-state index contributed by atoms with van der Waals surface area (Å²) in [6.07, 6.45) is 1.67. The highest BCUT2D eigenvalue weighted by atomic mass is 35.5. The van der Waals surface area contributed by atoms with Crippen molar-refractivity contribution in [2.45, 2.75) is 13.5 Å². The second-order valence-corrected chi connectivity index (χ2v) is 6.04. The van der Waals surface area contributed by atoms with Crippen LogP contribution in [0.15, 0.2) is 47.5 Å². The Hall–Kier alpha value is -2.86. The summed E-state index contributed by atoms with van der Waals surface area (Å²) in [5.41, 5.74) is 4.01. The van der Waals surface area contributed by atoms with Crippen LogP contribution in [0, 0.1) is 6.92 Å². The standard InChI is InChI=1S/C17H14ClN5O/c1-10-14(4-5-16-22-20-9-23(10)16)19-8-12-6-11-7-13(18)2-3-15(11)21-17(12)24/h2-7,9,19H,8H2,1H3,(H,21,24). The molecule has 0 aliphatic heterocycles. The molecule has 2 N–H and O–H groups in total. The fraction of sp³-hybridized carbons (Fsp3) is 0.118. The van der Waals surface area contributed by atoms with Gasteiger partial charge in [0.25, 0.3) is 5.56 Å². The molecule has 3 heterocycles. The SMILES string of the molecule is Cc1c(NCc2cc3cc(Cl)ccc3[nH]c2=O)ccc2nncn12. The number of hydrogen-bond acceptors (Lipinski definition) is 4. The zero-order valence-electron chi connectivity index (χ0n) is 12.9. The van der Waals surface area contributed by atoms with Crippen LogP contribution in [0.2, 0.25) is 5.02 Å². The normalized spacial score (nSPS) is 11.2. The maximum absolute atomic E-state index is 12.2. The van der Waals surface area contributed by atoms with E-state index in [0.717, 1.165) is 27.9 Å². The number of anilines is 1. The van der Waals surface area contributed by atoms with Crippen molar-refractivity contribution >= 4 is 33.8 Å². The van der Waals surface area contributed by atoms with Crippen LogP contribution < -0.4 is 10.9 Å². The number of aromatic amines is 1. The number of nitrogens with zero attached hydrogens (tertiary/aromatic N) is 3. The molecule has 0 bridgehead atoms. The van der Waals surface area contributed by atoms with Gasteiger partial charge >= 0.3 is 0 Å². The molecule has 0 atom stereocenters. The lowest BCUT2D eigenvalue weighted by Gasteiger charge is -2.11. The average Bonchev–Trinajstić information content (AvgIpc) is 3.04. The average molecular weight is 340 g/mol. The van der Waals surface area contributed by atoms with E-state index < -0.39 is 0 Å². The summed E-state index contributed by atoms with van der Waals surface area (Å²) < 4.78 is 1.90. The fourth-order valence-electron chi connectivity index (χ4n) is 2.76. The van der Waals surface area contributed by atoms with E-state index in [1.54, 1.807) is 18.5 Å². The summed E-state index contributed by atoms with van der Waals surface area (Å²) in [6.45, 7) is 2.38. The van der Waals surface area contributed by atoms with E-state index in [9.17, 15) is 4.79 Å². The summed E-state index contributed by atoms with van der Waals surface area (Å²) in [4.78, 5) is 15.1. The number of H-pyrrole nitrogens is 1. The Morgan fingerprint density at radius 2 is 2.12 bits per heavy atom. The molecular formula is C17H14ClN5O. The number of benzene rings is 1. The van der Waals surface area contributed by atoms with Crippen molar-refractivity contribution in [1.29, 1.82) is 0 Å². The van der Waals surface area contributed by atoms with Gasteiger partial charge < -0.3 is 10.3 Å². The monoisotopic (exact) mass is 339 g/mol. The van der Waals surface area contributed by atoms with Crippen LogP contribution >= 0.6 is 11.6 Å². The summed E-state index contributed by atoms with van der Waals surface area (Å²) >= 11 is 6.03. The molecular weight excluding hydrogens is 326 g/mol. The lowest BCUT2D eigenvalue weighted by molar-refractivity contribution is 1.04. The first-order valence-electron chi connectivity index (χ1n) is 7.46. The van der Waals surface area contributed by atoms with Gasteiger partial charge in [-0.2, -0.15) is 0 Å². The number of pyridine rings is 2. The van der Waals surface area contributed by atoms with Gasteiger partial charge in [0.1, 0.15) is 6.33 Å². The predicted octanol–water partition coefficient (Wildman–Crippen LogP) is 3.14. The van der Waals surface area contributed by atoms with Gasteiger partial charge in [-0.05, 0) is 43.3 Å². The van der Waals surface area contributed by atoms with Crippen molar-refractivity contribution in [3.63, 3.8) is 0 Å². The number of hydrogen-bond donors (Lipinski definition) is 2. The van der Waals surface area contributed by atoms with Crippen LogP contribution in [0.1, 0.15) is 11.3 Å². The van der Waals surface area contributed by atoms with Crippen molar-refractivity contribution in [2.75, 3.05) is 5.32 Å². The number of halogens is 1. The van der Waals surface area contributed by atoms with E-state index in [-0.39, 0.29) is 5.56 Å². The van der Waals surface area contributed by atoms with E-state index >= 15 is 0 Å². The van der Waals surface area contributed by atoms with E-state index in [1.165, 1.54) is 0 Å². The highest BCUT2D eigenvalue weighted by Gasteiger charge is 2.07. The van der Waals surface area contributed by atoms with Crippen molar-refractivity contribution in [3.8, 4) is 0 Å². The highest BCUT2D eigenvalue weighted by Crippen LogP contribution is 2.19. The molecule has 0 saturated carbocycles. The maximum atomic E-state index is 12.2. The Labute approximate surface area is 142 Å². The van der Waals surface area contributed by atoms with Crippen molar-refractivity contribution in [1.82, 2.24) is 19.6 Å². The van der Waals surface area contributed by atoms with Crippen LogP contribution in [0.25, 0.3) is 16.6 Å².